The van der Waals surface area contributed by atoms with Gasteiger partial charge in [-0.1, -0.05) is 6.92 Å². The van der Waals surface area contributed by atoms with Crippen LogP contribution in [0.5, 0.6) is 0 Å². The van der Waals surface area contributed by atoms with Gasteiger partial charge in [0.05, 0.1) is 18.3 Å². The summed E-state index contributed by atoms with van der Waals surface area (Å²) >= 11 is 0. The van der Waals surface area contributed by atoms with E-state index < -0.39 is 61.2 Å². The number of hydrogen-bond donors (Lipinski definition) is 6. The van der Waals surface area contributed by atoms with Crippen molar-refractivity contribution in [2.75, 3.05) is 7.11 Å². The quantitative estimate of drug-likeness (QED) is 0.315. The molecule has 142 valence electrons. The first-order valence-corrected chi connectivity index (χ1v) is 8.23. The second kappa shape index (κ2) is 8.35. The molecule has 2 saturated heterocycles. The average Bonchev–Trinajstić information content (AvgIpc) is 2.58. The molecule has 6 N–H and O–H groups in total. The maximum absolute atomic E-state index is 10.1. The second-order valence-corrected chi connectivity index (χ2v) is 6.42. The summed E-state index contributed by atoms with van der Waals surface area (Å²) in [7, 11) is 1.31. The Kier molecular flexibility index (Phi) is 6.94. The number of methoxy groups -OCH3 is 1. The molecule has 0 aromatic heterocycles. The topological polar surface area (TPSA) is 149 Å². The van der Waals surface area contributed by atoms with Crippen molar-refractivity contribution in [3.8, 4) is 0 Å². The SMILES string of the molecule is CCC1OC(CCC2OC(OC)C(O)C(O)C2O)C(O)C(O)C1O. The lowest BCUT2D eigenvalue weighted by Gasteiger charge is -2.42. The normalized spacial score (nSPS) is 50.0. The number of hydrogen-bond acceptors (Lipinski definition) is 9. The third kappa shape index (κ3) is 3.90. The van der Waals surface area contributed by atoms with Crippen LogP contribution in [-0.2, 0) is 14.2 Å². The third-order valence-electron chi connectivity index (χ3n) is 4.85. The van der Waals surface area contributed by atoms with Gasteiger partial charge >= 0.3 is 0 Å². The van der Waals surface area contributed by atoms with Gasteiger partial charge < -0.3 is 44.8 Å². The molecule has 0 aromatic rings. The van der Waals surface area contributed by atoms with E-state index in [4.69, 9.17) is 14.2 Å². The Labute approximate surface area is 140 Å². The molecule has 2 rings (SSSR count). The molecule has 10 unspecified atom stereocenters. The Morgan fingerprint density at radius 1 is 0.667 bits per heavy atom. The molecule has 24 heavy (non-hydrogen) atoms. The number of aliphatic hydroxyl groups excluding tert-OH is 6. The van der Waals surface area contributed by atoms with E-state index in [0.29, 0.717) is 6.42 Å². The molecule has 2 aliphatic heterocycles. The molecular weight excluding hydrogens is 324 g/mol. The van der Waals surface area contributed by atoms with Crippen molar-refractivity contribution in [1.82, 2.24) is 0 Å². The summed E-state index contributed by atoms with van der Waals surface area (Å²) in [5.74, 6) is 0. The first-order chi connectivity index (χ1) is 11.3. The summed E-state index contributed by atoms with van der Waals surface area (Å²) in [6.07, 6.45) is -10.2. The molecule has 0 aliphatic carbocycles. The Balaban J connectivity index is 1.96. The monoisotopic (exact) mass is 352 g/mol. The second-order valence-electron chi connectivity index (χ2n) is 6.42. The average molecular weight is 352 g/mol. The zero-order valence-electron chi connectivity index (χ0n) is 13.8. The van der Waals surface area contributed by atoms with Gasteiger partial charge in [-0.05, 0) is 19.3 Å². The summed E-state index contributed by atoms with van der Waals surface area (Å²) < 4.78 is 16.0. The lowest BCUT2D eigenvalue weighted by Crippen LogP contribution is -2.59. The van der Waals surface area contributed by atoms with E-state index in [-0.39, 0.29) is 12.8 Å². The molecule has 9 heteroatoms. The highest BCUT2D eigenvalue weighted by Crippen LogP contribution is 2.29. The van der Waals surface area contributed by atoms with Crippen molar-refractivity contribution in [2.45, 2.75) is 87.4 Å². The fourth-order valence-corrected chi connectivity index (χ4v) is 3.28. The van der Waals surface area contributed by atoms with Gasteiger partial charge in [-0.2, -0.15) is 0 Å². The predicted molar refractivity (Wildman–Crippen MR) is 79.9 cm³/mol. The molecule has 2 heterocycles. The fourth-order valence-electron chi connectivity index (χ4n) is 3.28. The maximum Gasteiger partial charge on any atom is 0.186 e. The van der Waals surface area contributed by atoms with Gasteiger partial charge in [0.25, 0.3) is 0 Å². The van der Waals surface area contributed by atoms with E-state index in [2.05, 4.69) is 0 Å². The van der Waals surface area contributed by atoms with Gasteiger partial charge in [-0.25, -0.2) is 0 Å². The van der Waals surface area contributed by atoms with Crippen LogP contribution >= 0.6 is 0 Å². The van der Waals surface area contributed by atoms with Crippen LogP contribution in [-0.4, -0.2) is 99.0 Å². The molecule has 2 fully saturated rings. The van der Waals surface area contributed by atoms with E-state index in [1.165, 1.54) is 7.11 Å². The van der Waals surface area contributed by atoms with Gasteiger partial charge in [0.1, 0.15) is 36.6 Å². The third-order valence-corrected chi connectivity index (χ3v) is 4.85. The van der Waals surface area contributed by atoms with Crippen molar-refractivity contribution >= 4 is 0 Å². The van der Waals surface area contributed by atoms with Crippen LogP contribution in [0.3, 0.4) is 0 Å². The fraction of sp³-hybridized carbons (Fsp3) is 1.00. The molecule has 0 spiro atoms. The molecule has 0 aromatic carbocycles. The molecule has 2 aliphatic rings. The van der Waals surface area contributed by atoms with E-state index in [9.17, 15) is 30.6 Å². The molecular formula is C15H28O9. The standard InChI is InChI=1S/C15H28O9/c1-3-6-9(16)12(19)10(17)7(23-6)4-5-8-11(18)13(20)14(21)15(22-2)24-8/h6-21H,3-5H2,1-2H3. The van der Waals surface area contributed by atoms with Gasteiger partial charge in [0.2, 0.25) is 0 Å². The summed E-state index contributed by atoms with van der Waals surface area (Å²) in [5, 5.41) is 59.4. The van der Waals surface area contributed by atoms with Crippen molar-refractivity contribution in [2.24, 2.45) is 0 Å². The van der Waals surface area contributed by atoms with Gasteiger partial charge in [-0.15, -0.1) is 0 Å². The molecule has 0 radical (unpaired) electrons. The van der Waals surface area contributed by atoms with Crippen molar-refractivity contribution < 1.29 is 44.8 Å². The molecule has 0 saturated carbocycles. The van der Waals surface area contributed by atoms with E-state index >= 15 is 0 Å². The predicted octanol–water partition coefficient (Wildman–Crippen LogP) is -2.52. The molecule has 0 bridgehead atoms. The van der Waals surface area contributed by atoms with Crippen LogP contribution < -0.4 is 0 Å². The summed E-state index contributed by atoms with van der Waals surface area (Å²) in [6, 6.07) is 0. The van der Waals surface area contributed by atoms with Crippen LogP contribution in [0.25, 0.3) is 0 Å². The van der Waals surface area contributed by atoms with E-state index in [1.54, 1.807) is 6.92 Å². The minimum absolute atomic E-state index is 0.200. The molecule has 0 amide bonds. The van der Waals surface area contributed by atoms with Gasteiger partial charge in [0.15, 0.2) is 6.29 Å². The lowest BCUT2D eigenvalue weighted by atomic mass is 9.89. The van der Waals surface area contributed by atoms with Crippen LogP contribution in [0.1, 0.15) is 26.2 Å². The van der Waals surface area contributed by atoms with Crippen LogP contribution in [0.15, 0.2) is 0 Å². The van der Waals surface area contributed by atoms with E-state index in [1.807, 2.05) is 0 Å². The Hall–Kier alpha value is -0.360. The number of ether oxygens (including phenoxy) is 3. The number of rotatable bonds is 5. The Bertz CT molecular complexity index is 355. The smallest absolute Gasteiger partial charge is 0.186 e. The van der Waals surface area contributed by atoms with Crippen LogP contribution in [0.4, 0.5) is 0 Å². The maximum atomic E-state index is 10.1. The zero-order chi connectivity index (χ0) is 18.0. The Morgan fingerprint density at radius 2 is 1.12 bits per heavy atom. The largest absolute Gasteiger partial charge is 0.388 e. The minimum Gasteiger partial charge on any atom is -0.388 e. The summed E-state index contributed by atoms with van der Waals surface area (Å²) in [5.41, 5.74) is 0. The highest BCUT2D eigenvalue weighted by atomic mass is 16.7. The van der Waals surface area contributed by atoms with Crippen LogP contribution in [0.2, 0.25) is 0 Å². The summed E-state index contributed by atoms with van der Waals surface area (Å²) in [4.78, 5) is 0. The highest BCUT2D eigenvalue weighted by Gasteiger charge is 2.46. The highest BCUT2D eigenvalue weighted by molar-refractivity contribution is 4.94. The minimum atomic E-state index is -1.42. The molecule has 10 atom stereocenters. The van der Waals surface area contributed by atoms with Crippen LogP contribution in [0, 0.1) is 0 Å². The van der Waals surface area contributed by atoms with Crippen molar-refractivity contribution in [1.29, 1.82) is 0 Å². The van der Waals surface area contributed by atoms with Crippen molar-refractivity contribution in [3.05, 3.63) is 0 Å². The lowest BCUT2D eigenvalue weighted by molar-refractivity contribution is -0.293. The number of aliphatic hydroxyl groups is 6. The molecule has 9 nitrogen and oxygen atoms in total. The van der Waals surface area contributed by atoms with Gasteiger partial charge in [-0.3, -0.25) is 0 Å². The first-order valence-electron chi connectivity index (χ1n) is 8.23. The zero-order valence-corrected chi connectivity index (χ0v) is 13.8. The Morgan fingerprint density at radius 3 is 1.62 bits per heavy atom. The summed E-state index contributed by atoms with van der Waals surface area (Å²) in [6.45, 7) is 1.80. The van der Waals surface area contributed by atoms with Gasteiger partial charge in [0, 0.05) is 7.11 Å². The van der Waals surface area contributed by atoms with Crippen molar-refractivity contribution in [3.63, 3.8) is 0 Å². The van der Waals surface area contributed by atoms with E-state index in [0.717, 1.165) is 0 Å². The first kappa shape index (κ1) is 20.0.